The largest absolute Gasteiger partial charge is 0.388 e. The number of carbonyl (C=O) groups is 1. The number of aliphatic hydroxyl groups is 1. The number of hydrogen-bond donors (Lipinski definition) is 3. The Labute approximate surface area is 164 Å². The van der Waals surface area contributed by atoms with Gasteiger partial charge in [0, 0.05) is 29.1 Å². The van der Waals surface area contributed by atoms with Crippen LogP contribution in [0.5, 0.6) is 0 Å². The standard InChI is InChI=1S/C19H27ClN4O3/c1-4-27-23-18(26)24-7-5-13(6-8-24)19(2,3)17(25)15-10-14(20)9-12-11-21-22-16(12)15/h9-11,13,17,25H,4-8H2,1-3H3,(H,21,22)(H,23,26)/t17-/m1/s1. The van der Waals surface area contributed by atoms with E-state index in [1.807, 2.05) is 13.0 Å². The fourth-order valence-electron chi connectivity index (χ4n) is 3.91. The van der Waals surface area contributed by atoms with E-state index in [4.69, 9.17) is 16.4 Å². The molecular weight excluding hydrogens is 368 g/mol. The van der Waals surface area contributed by atoms with Gasteiger partial charge in [-0.25, -0.2) is 10.3 Å². The topological polar surface area (TPSA) is 90.5 Å². The Bertz CT molecular complexity index is 799. The van der Waals surface area contributed by atoms with Crippen molar-refractivity contribution in [3.8, 4) is 0 Å². The van der Waals surface area contributed by atoms with Gasteiger partial charge < -0.3 is 10.0 Å². The highest BCUT2D eigenvalue weighted by molar-refractivity contribution is 6.31. The van der Waals surface area contributed by atoms with Gasteiger partial charge in [-0.1, -0.05) is 25.4 Å². The number of amides is 2. The zero-order valence-corrected chi connectivity index (χ0v) is 16.7. The number of halogens is 1. The van der Waals surface area contributed by atoms with Gasteiger partial charge in [0.25, 0.3) is 0 Å². The molecule has 0 spiro atoms. The van der Waals surface area contributed by atoms with Crippen LogP contribution < -0.4 is 5.48 Å². The van der Waals surface area contributed by atoms with Crippen LogP contribution in [-0.4, -0.2) is 45.9 Å². The molecule has 1 fully saturated rings. The van der Waals surface area contributed by atoms with Crippen LogP contribution in [0.25, 0.3) is 10.9 Å². The fraction of sp³-hybridized carbons (Fsp3) is 0.579. The minimum absolute atomic E-state index is 0.206. The van der Waals surface area contributed by atoms with E-state index in [0.717, 1.165) is 29.3 Å². The second-order valence-corrected chi connectivity index (χ2v) is 8.09. The third-order valence-corrected chi connectivity index (χ3v) is 5.90. The number of urea groups is 1. The van der Waals surface area contributed by atoms with Gasteiger partial charge in [0.2, 0.25) is 0 Å². The predicted octanol–water partition coefficient (Wildman–Crippen LogP) is 3.65. The van der Waals surface area contributed by atoms with Gasteiger partial charge in [-0.05, 0) is 43.2 Å². The maximum absolute atomic E-state index is 12.0. The summed E-state index contributed by atoms with van der Waals surface area (Å²) in [6.07, 6.45) is 2.64. The van der Waals surface area contributed by atoms with E-state index in [9.17, 15) is 9.90 Å². The summed E-state index contributed by atoms with van der Waals surface area (Å²) in [5, 5.41) is 19.7. The monoisotopic (exact) mass is 394 g/mol. The van der Waals surface area contributed by atoms with Crippen LogP contribution in [0.2, 0.25) is 5.02 Å². The van der Waals surface area contributed by atoms with Crippen LogP contribution in [0.3, 0.4) is 0 Å². The van der Waals surface area contributed by atoms with Gasteiger partial charge >= 0.3 is 6.03 Å². The molecule has 1 aromatic carbocycles. The number of fused-ring (bicyclic) bond motifs is 1. The molecule has 2 heterocycles. The molecule has 1 aliphatic rings. The summed E-state index contributed by atoms with van der Waals surface area (Å²) in [4.78, 5) is 18.8. The number of aromatic amines is 1. The zero-order valence-electron chi connectivity index (χ0n) is 16.0. The Kier molecular flexibility index (Phi) is 5.93. The summed E-state index contributed by atoms with van der Waals surface area (Å²) in [6.45, 7) is 7.66. The lowest BCUT2D eigenvalue weighted by Gasteiger charge is -2.43. The molecule has 1 aliphatic heterocycles. The number of aliphatic hydroxyl groups excluding tert-OH is 1. The number of carbonyl (C=O) groups excluding carboxylic acids is 1. The Morgan fingerprint density at radius 3 is 2.85 bits per heavy atom. The van der Waals surface area contributed by atoms with E-state index < -0.39 is 6.10 Å². The summed E-state index contributed by atoms with van der Waals surface area (Å²) in [5.74, 6) is 0.264. The van der Waals surface area contributed by atoms with Crippen molar-refractivity contribution in [1.29, 1.82) is 0 Å². The number of rotatable bonds is 5. The third kappa shape index (κ3) is 4.05. The van der Waals surface area contributed by atoms with Gasteiger partial charge in [-0.3, -0.25) is 9.94 Å². The molecule has 1 aromatic heterocycles. The lowest BCUT2D eigenvalue weighted by molar-refractivity contribution is -0.0175. The maximum atomic E-state index is 12.0. The molecule has 0 saturated carbocycles. The van der Waals surface area contributed by atoms with E-state index in [0.29, 0.717) is 24.7 Å². The summed E-state index contributed by atoms with van der Waals surface area (Å²) < 4.78 is 0. The number of aromatic nitrogens is 2. The predicted molar refractivity (Wildman–Crippen MR) is 104 cm³/mol. The van der Waals surface area contributed by atoms with Crippen LogP contribution in [-0.2, 0) is 4.84 Å². The molecule has 0 aliphatic carbocycles. The molecule has 1 saturated heterocycles. The van der Waals surface area contributed by atoms with Crippen LogP contribution >= 0.6 is 11.6 Å². The molecule has 27 heavy (non-hydrogen) atoms. The van der Waals surface area contributed by atoms with Gasteiger partial charge in [0.05, 0.1) is 24.4 Å². The van der Waals surface area contributed by atoms with E-state index in [1.54, 1.807) is 17.2 Å². The first-order valence-electron chi connectivity index (χ1n) is 9.31. The lowest BCUT2D eigenvalue weighted by Crippen LogP contribution is -2.47. The minimum Gasteiger partial charge on any atom is -0.388 e. The third-order valence-electron chi connectivity index (χ3n) is 5.68. The molecule has 8 heteroatoms. The highest BCUT2D eigenvalue weighted by Crippen LogP contribution is 2.46. The number of hydroxylamine groups is 1. The molecule has 2 aromatic rings. The Hall–Kier alpha value is -1.83. The molecule has 0 bridgehead atoms. The normalized spacial score (nSPS) is 17.3. The first-order valence-corrected chi connectivity index (χ1v) is 9.69. The van der Waals surface area contributed by atoms with Crippen molar-refractivity contribution in [3.05, 3.63) is 28.9 Å². The molecule has 1 atom stereocenters. The van der Waals surface area contributed by atoms with Crippen LogP contribution in [0.4, 0.5) is 4.79 Å². The average Bonchev–Trinajstić information content (AvgIpc) is 3.13. The smallest absolute Gasteiger partial charge is 0.341 e. The summed E-state index contributed by atoms with van der Waals surface area (Å²) in [5.41, 5.74) is 3.63. The van der Waals surface area contributed by atoms with Crippen molar-refractivity contribution in [1.82, 2.24) is 20.6 Å². The molecule has 3 N–H and O–H groups in total. The van der Waals surface area contributed by atoms with Crippen molar-refractivity contribution in [2.45, 2.75) is 39.7 Å². The van der Waals surface area contributed by atoms with E-state index >= 15 is 0 Å². The number of likely N-dealkylation sites (tertiary alicyclic amines) is 1. The van der Waals surface area contributed by atoms with Gasteiger partial charge in [-0.15, -0.1) is 0 Å². The molecular formula is C19H27ClN4O3. The quantitative estimate of drug-likeness (QED) is 0.675. The molecule has 148 valence electrons. The van der Waals surface area contributed by atoms with Crippen molar-refractivity contribution >= 4 is 28.5 Å². The number of benzene rings is 1. The maximum Gasteiger partial charge on any atom is 0.341 e. The summed E-state index contributed by atoms with van der Waals surface area (Å²) in [7, 11) is 0. The van der Waals surface area contributed by atoms with Crippen molar-refractivity contribution in [2.24, 2.45) is 11.3 Å². The highest BCUT2D eigenvalue weighted by atomic mass is 35.5. The number of nitrogens with zero attached hydrogens (tertiary/aromatic N) is 2. The number of H-pyrrole nitrogens is 1. The van der Waals surface area contributed by atoms with E-state index in [1.165, 1.54) is 0 Å². The van der Waals surface area contributed by atoms with E-state index in [2.05, 4.69) is 29.5 Å². The van der Waals surface area contributed by atoms with Crippen molar-refractivity contribution in [3.63, 3.8) is 0 Å². The summed E-state index contributed by atoms with van der Waals surface area (Å²) >= 11 is 6.24. The summed E-state index contributed by atoms with van der Waals surface area (Å²) in [6, 6.07) is 3.43. The fourth-order valence-corrected chi connectivity index (χ4v) is 4.15. The van der Waals surface area contributed by atoms with Crippen LogP contribution in [0, 0.1) is 11.3 Å². The highest BCUT2D eigenvalue weighted by Gasteiger charge is 2.40. The minimum atomic E-state index is -0.701. The molecule has 7 nitrogen and oxygen atoms in total. The zero-order chi connectivity index (χ0) is 19.6. The number of nitrogens with one attached hydrogen (secondary N) is 2. The molecule has 2 amide bonds. The van der Waals surface area contributed by atoms with E-state index in [-0.39, 0.29) is 17.4 Å². The van der Waals surface area contributed by atoms with Crippen LogP contribution in [0.15, 0.2) is 18.3 Å². The second-order valence-electron chi connectivity index (χ2n) is 7.65. The lowest BCUT2D eigenvalue weighted by atomic mass is 9.68. The Morgan fingerprint density at radius 1 is 1.48 bits per heavy atom. The Morgan fingerprint density at radius 2 is 2.19 bits per heavy atom. The molecule has 0 unspecified atom stereocenters. The molecule has 0 radical (unpaired) electrons. The van der Waals surface area contributed by atoms with Crippen LogP contribution in [0.1, 0.15) is 45.3 Å². The average molecular weight is 395 g/mol. The number of hydrogen-bond acceptors (Lipinski definition) is 4. The SMILES string of the molecule is CCONC(=O)N1CCC(C(C)(C)[C@H](O)c2cc(Cl)cc3cn[nH]c23)CC1. The second kappa shape index (κ2) is 8.04. The first-order chi connectivity index (χ1) is 12.8. The molecule has 3 rings (SSSR count). The van der Waals surface area contributed by atoms with Gasteiger partial charge in [0.1, 0.15) is 0 Å². The van der Waals surface area contributed by atoms with Crippen molar-refractivity contribution < 1.29 is 14.7 Å². The van der Waals surface area contributed by atoms with Crippen molar-refractivity contribution in [2.75, 3.05) is 19.7 Å². The number of piperidine rings is 1. The first kappa shape index (κ1) is 19.9. The van der Waals surface area contributed by atoms with Gasteiger partial charge in [-0.2, -0.15) is 5.10 Å². The Balaban J connectivity index is 1.73. The van der Waals surface area contributed by atoms with Gasteiger partial charge in [0.15, 0.2) is 0 Å².